The SMILES string of the molecule is CCC1(CN2CCC(C(C)C)CC2)CC1. The van der Waals surface area contributed by atoms with Crippen LogP contribution in [-0.2, 0) is 0 Å². The van der Waals surface area contributed by atoms with Crippen molar-refractivity contribution in [1.29, 1.82) is 0 Å². The van der Waals surface area contributed by atoms with Gasteiger partial charge in [0, 0.05) is 6.54 Å². The molecular weight excluding hydrogens is 182 g/mol. The molecule has 1 aliphatic carbocycles. The first kappa shape index (κ1) is 11.4. The topological polar surface area (TPSA) is 3.24 Å². The van der Waals surface area contributed by atoms with E-state index in [1.165, 1.54) is 51.7 Å². The summed E-state index contributed by atoms with van der Waals surface area (Å²) in [5.41, 5.74) is 0.755. The Morgan fingerprint density at radius 3 is 2.20 bits per heavy atom. The molecule has 0 spiro atoms. The van der Waals surface area contributed by atoms with Gasteiger partial charge in [0.15, 0.2) is 0 Å². The fourth-order valence-corrected chi connectivity index (χ4v) is 3.05. The molecule has 0 aromatic heterocycles. The summed E-state index contributed by atoms with van der Waals surface area (Å²) in [6, 6.07) is 0. The number of nitrogens with zero attached hydrogens (tertiary/aromatic N) is 1. The summed E-state index contributed by atoms with van der Waals surface area (Å²) >= 11 is 0. The lowest BCUT2D eigenvalue weighted by molar-refractivity contribution is 0.132. The predicted octanol–water partition coefficient (Wildman–Crippen LogP) is 3.54. The molecule has 1 heteroatoms. The molecule has 0 aromatic rings. The van der Waals surface area contributed by atoms with Crippen LogP contribution in [0.25, 0.3) is 0 Å². The largest absolute Gasteiger partial charge is 0.303 e. The van der Waals surface area contributed by atoms with Crippen molar-refractivity contribution >= 4 is 0 Å². The molecule has 1 saturated carbocycles. The van der Waals surface area contributed by atoms with Gasteiger partial charge < -0.3 is 4.90 Å². The van der Waals surface area contributed by atoms with Crippen LogP contribution in [0.5, 0.6) is 0 Å². The fraction of sp³-hybridized carbons (Fsp3) is 1.00. The van der Waals surface area contributed by atoms with Crippen LogP contribution in [0.4, 0.5) is 0 Å². The Kier molecular flexibility index (Phi) is 3.39. The van der Waals surface area contributed by atoms with E-state index in [0.29, 0.717) is 0 Å². The zero-order valence-electron chi connectivity index (χ0n) is 10.8. The minimum atomic E-state index is 0.755. The lowest BCUT2D eigenvalue weighted by atomic mass is 9.86. The van der Waals surface area contributed by atoms with Crippen molar-refractivity contribution in [3.05, 3.63) is 0 Å². The third-order valence-corrected chi connectivity index (χ3v) is 4.84. The first-order chi connectivity index (χ1) is 7.15. The third-order valence-electron chi connectivity index (χ3n) is 4.84. The van der Waals surface area contributed by atoms with Gasteiger partial charge in [0.1, 0.15) is 0 Å². The van der Waals surface area contributed by atoms with Gasteiger partial charge in [-0.15, -0.1) is 0 Å². The van der Waals surface area contributed by atoms with Crippen molar-refractivity contribution in [3.8, 4) is 0 Å². The Hall–Kier alpha value is -0.0400. The molecule has 1 nitrogen and oxygen atoms in total. The summed E-state index contributed by atoms with van der Waals surface area (Å²) in [6.07, 6.45) is 7.27. The molecule has 1 saturated heterocycles. The van der Waals surface area contributed by atoms with Crippen molar-refractivity contribution in [2.75, 3.05) is 19.6 Å². The molecule has 0 bridgehead atoms. The van der Waals surface area contributed by atoms with Crippen LogP contribution < -0.4 is 0 Å². The lowest BCUT2D eigenvalue weighted by Crippen LogP contribution is -2.38. The van der Waals surface area contributed by atoms with Gasteiger partial charge in [-0.3, -0.25) is 0 Å². The standard InChI is InChI=1S/C14H27N/c1-4-14(7-8-14)11-15-9-5-13(6-10-15)12(2)3/h12-13H,4-11H2,1-3H3. The molecule has 0 amide bonds. The molecular formula is C14H27N. The number of rotatable bonds is 4. The van der Waals surface area contributed by atoms with E-state index in [2.05, 4.69) is 25.7 Å². The molecule has 0 atom stereocenters. The Balaban J connectivity index is 1.74. The first-order valence-corrected chi connectivity index (χ1v) is 6.87. The van der Waals surface area contributed by atoms with Crippen LogP contribution in [0.2, 0.25) is 0 Å². The maximum atomic E-state index is 2.73. The number of hydrogen-bond donors (Lipinski definition) is 0. The van der Waals surface area contributed by atoms with Crippen LogP contribution in [0, 0.1) is 17.3 Å². The van der Waals surface area contributed by atoms with E-state index < -0.39 is 0 Å². The molecule has 15 heavy (non-hydrogen) atoms. The van der Waals surface area contributed by atoms with Crippen LogP contribution in [0.1, 0.15) is 52.9 Å². The molecule has 0 unspecified atom stereocenters. The maximum Gasteiger partial charge on any atom is 0.00379 e. The first-order valence-electron chi connectivity index (χ1n) is 6.87. The highest BCUT2D eigenvalue weighted by molar-refractivity contribution is 4.95. The van der Waals surface area contributed by atoms with Crippen molar-refractivity contribution in [1.82, 2.24) is 4.90 Å². The van der Waals surface area contributed by atoms with E-state index in [0.717, 1.165) is 17.3 Å². The molecule has 0 N–H and O–H groups in total. The van der Waals surface area contributed by atoms with E-state index in [1.54, 1.807) is 0 Å². The molecule has 1 heterocycles. The van der Waals surface area contributed by atoms with Gasteiger partial charge in [-0.05, 0) is 62.4 Å². The summed E-state index contributed by atoms with van der Waals surface area (Å²) < 4.78 is 0. The van der Waals surface area contributed by atoms with Crippen molar-refractivity contribution in [3.63, 3.8) is 0 Å². The Morgan fingerprint density at radius 2 is 1.80 bits per heavy atom. The molecule has 2 fully saturated rings. The van der Waals surface area contributed by atoms with Crippen LogP contribution in [-0.4, -0.2) is 24.5 Å². The highest BCUT2D eigenvalue weighted by atomic mass is 15.1. The second-order valence-corrected chi connectivity index (χ2v) is 6.21. The van der Waals surface area contributed by atoms with Crippen molar-refractivity contribution < 1.29 is 0 Å². The van der Waals surface area contributed by atoms with Gasteiger partial charge in [-0.1, -0.05) is 20.8 Å². The minimum Gasteiger partial charge on any atom is -0.303 e. The monoisotopic (exact) mass is 209 g/mol. The van der Waals surface area contributed by atoms with E-state index in [9.17, 15) is 0 Å². The molecule has 1 aliphatic heterocycles. The van der Waals surface area contributed by atoms with Crippen molar-refractivity contribution in [2.24, 2.45) is 17.3 Å². The zero-order chi connectivity index (χ0) is 10.9. The minimum absolute atomic E-state index is 0.755. The molecule has 2 aliphatic rings. The molecule has 88 valence electrons. The fourth-order valence-electron chi connectivity index (χ4n) is 3.05. The van der Waals surface area contributed by atoms with Gasteiger partial charge in [-0.2, -0.15) is 0 Å². The Morgan fingerprint density at radius 1 is 1.20 bits per heavy atom. The Labute approximate surface area is 95.2 Å². The molecule has 0 aromatic carbocycles. The normalized spacial score (nSPS) is 27.2. The van der Waals surface area contributed by atoms with Crippen molar-refractivity contribution in [2.45, 2.75) is 52.9 Å². The summed E-state index contributed by atoms with van der Waals surface area (Å²) in [4.78, 5) is 2.73. The average molecular weight is 209 g/mol. The average Bonchev–Trinajstić information content (AvgIpc) is 2.99. The third kappa shape index (κ3) is 2.75. The number of likely N-dealkylation sites (tertiary alicyclic amines) is 1. The quantitative estimate of drug-likeness (QED) is 0.684. The summed E-state index contributed by atoms with van der Waals surface area (Å²) in [5.74, 6) is 1.89. The summed E-state index contributed by atoms with van der Waals surface area (Å²) in [7, 11) is 0. The van der Waals surface area contributed by atoms with Gasteiger partial charge in [-0.25, -0.2) is 0 Å². The maximum absolute atomic E-state index is 2.73. The van der Waals surface area contributed by atoms with Gasteiger partial charge in [0.25, 0.3) is 0 Å². The van der Waals surface area contributed by atoms with Crippen LogP contribution >= 0.6 is 0 Å². The zero-order valence-corrected chi connectivity index (χ0v) is 10.8. The summed E-state index contributed by atoms with van der Waals surface area (Å²) in [6.45, 7) is 11.3. The number of piperidine rings is 1. The molecule has 0 radical (unpaired) electrons. The van der Waals surface area contributed by atoms with Crippen LogP contribution in [0.15, 0.2) is 0 Å². The highest BCUT2D eigenvalue weighted by Crippen LogP contribution is 2.49. The summed E-state index contributed by atoms with van der Waals surface area (Å²) in [5, 5.41) is 0. The molecule has 2 rings (SSSR count). The second-order valence-electron chi connectivity index (χ2n) is 6.21. The van der Waals surface area contributed by atoms with E-state index in [-0.39, 0.29) is 0 Å². The smallest absolute Gasteiger partial charge is 0.00379 e. The predicted molar refractivity (Wildman–Crippen MR) is 66.0 cm³/mol. The van der Waals surface area contributed by atoms with Crippen LogP contribution in [0.3, 0.4) is 0 Å². The van der Waals surface area contributed by atoms with Gasteiger partial charge in [0.05, 0.1) is 0 Å². The van der Waals surface area contributed by atoms with E-state index >= 15 is 0 Å². The Bertz CT molecular complexity index is 197. The highest BCUT2D eigenvalue weighted by Gasteiger charge is 2.42. The second kappa shape index (κ2) is 4.45. The van der Waals surface area contributed by atoms with E-state index in [1.807, 2.05) is 0 Å². The van der Waals surface area contributed by atoms with Gasteiger partial charge in [0.2, 0.25) is 0 Å². The van der Waals surface area contributed by atoms with Gasteiger partial charge >= 0.3 is 0 Å². The lowest BCUT2D eigenvalue weighted by Gasteiger charge is -2.35. The van der Waals surface area contributed by atoms with E-state index in [4.69, 9.17) is 0 Å². The number of hydrogen-bond acceptors (Lipinski definition) is 1.